The van der Waals surface area contributed by atoms with Crippen molar-refractivity contribution in [1.82, 2.24) is 0 Å². The van der Waals surface area contributed by atoms with Gasteiger partial charge in [-0.25, -0.2) is 0 Å². The lowest BCUT2D eigenvalue weighted by Gasteiger charge is -2.22. The summed E-state index contributed by atoms with van der Waals surface area (Å²) in [5, 5.41) is 3.83. The molecule has 0 saturated carbocycles. The van der Waals surface area contributed by atoms with Crippen LogP contribution in [0.25, 0.3) is 21.5 Å². The Kier molecular flexibility index (Phi) is 5.53. The third-order valence-electron chi connectivity index (χ3n) is 5.51. The summed E-state index contributed by atoms with van der Waals surface area (Å²) in [6.45, 7) is 3.81. The molecule has 5 rings (SSSR count). The van der Waals surface area contributed by atoms with Gasteiger partial charge in [0.25, 0.3) is 0 Å². The van der Waals surface area contributed by atoms with E-state index in [9.17, 15) is 4.57 Å². The van der Waals surface area contributed by atoms with Crippen LogP contribution in [-0.4, -0.2) is 0 Å². The molecule has 0 saturated heterocycles. The van der Waals surface area contributed by atoms with Crippen LogP contribution in [0.3, 0.4) is 0 Å². The molecule has 0 N–H and O–H groups in total. The molecule has 1 unspecified atom stereocenters. The zero-order valence-corrected chi connectivity index (χ0v) is 19.3. The zero-order chi connectivity index (χ0) is 22.8. The van der Waals surface area contributed by atoms with Crippen molar-refractivity contribution in [3.63, 3.8) is 0 Å². The Morgan fingerprint density at radius 1 is 0.576 bits per heavy atom. The summed E-state index contributed by atoms with van der Waals surface area (Å²) < 4.78 is 32.2. The van der Waals surface area contributed by atoms with E-state index in [4.69, 9.17) is 13.6 Å². The first-order valence-electron chi connectivity index (χ1n) is 10.7. The molecule has 33 heavy (non-hydrogen) atoms. The summed E-state index contributed by atoms with van der Waals surface area (Å²) in [5.41, 5.74) is 1.69. The molecule has 164 valence electrons. The Balaban J connectivity index is 1.58. The predicted octanol–water partition coefficient (Wildman–Crippen LogP) is 8.25. The van der Waals surface area contributed by atoms with E-state index >= 15 is 0 Å². The first-order chi connectivity index (χ1) is 16.0. The van der Waals surface area contributed by atoms with Crippen molar-refractivity contribution in [3.8, 4) is 17.2 Å². The highest BCUT2D eigenvalue weighted by Gasteiger charge is 2.35. The lowest BCUT2D eigenvalue weighted by atomic mass is 10.1. The van der Waals surface area contributed by atoms with Crippen molar-refractivity contribution in [2.24, 2.45) is 0 Å². The molecule has 0 radical (unpaired) electrons. The van der Waals surface area contributed by atoms with Gasteiger partial charge in [-0.1, -0.05) is 84.9 Å². The molecule has 0 aliphatic heterocycles. The fourth-order valence-corrected chi connectivity index (χ4v) is 5.26. The van der Waals surface area contributed by atoms with Crippen LogP contribution in [-0.2, 0) is 4.57 Å². The van der Waals surface area contributed by atoms with Crippen molar-refractivity contribution < 1.29 is 18.1 Å². The summed E-state index contributed by atoms with van der Waals surface area (Å²) in [6.07, 6.45) is 0. The summed E-state index contributed by atoms with van der Waals surface area (Å²) in [5.74, 6) is 1.33. The molecule has 0 spiro atoms. The number of benzene rings is 5. The summed E-state index contributed by atoms with van der Waals surface area (Å²) in [7, 11) is -4.12. The second kappa shape index (κ2) is 8.65. The lowest BCUT2D eigenvalue weighted by molar-refractivity contribution is 0.298. The van der Waals surface area contributed by atoms with E-state index in [-0.39, 0.29) is 0 Å². The average molecular weight is 454 g/mol. The molecule has 0 bridgehead atoms. The summed E-state index contributed by atoms with van der Waals surface area (Å²) in [6, 6.07) is 32.5. The van der Waals surface area contributed by atoms with Crippen LogP contribution in [0.1, 0.15) is 11.1 Å². The number of fused-ring (bicyclic) bond motifs is 2. The van der Waals surface area contributed by atoms with Gasteiger partial charge >= 0.3 is 7.82 Å². The van der Waals surface area contributed by atoms with Gasteiger partial charge in [0.1, 0.15) is 17.2 Å². The van der Waals surface area contributed by atoms with Crippen molar-refractivity contribution in [3.05, 3.63) is 114 Å². The Labute approximate surface area is 193 Å². The number of hydrogen-bond acceptors (Lipinski definition) is 4. The van der Waals surface area contributed by atoms with E-state index < -0.39 is 7.82 Å². The van der Waals surface area contributed by atoms with Crippen LogP contribution in [0.15, 0.2) is 103 Å². The minimum Gasteiger partial charge on any atom is -0.386 e. The van der Waals surface area contributed by atoms with Gasteiger partial charge in [0, 0.05) is 5.39 Å². The van der Waals surface area contributed by atoms with Gasteiger partial charge in [-0.05, 0) is 59.3 Å². The van der Waals surface area contributed by atoms with Crippen LogP contribution in [0.4, 0.5) is 0 Å². The van der Waals surface area contributed by atoms with Crippen molar-refractivity contribution in [2.75, 3.05) is 0 Å². The quantitative estimate of drug-likeness (QED) is 0.242. The normalized spacial score (nSPS) is 12.9. The van der Waals surface area contributed by atoms with Crippen molar-refractivity contribution in [1.29, 1.82) is 0 Å². The van der Waals surface area contributed by atoms with Crippen molar-refractivity contribution >= 4 is 29.4 Å². The van der Waals surface area contributed by atoms with E-state index in [1.54, 1.807) is 12.1 Å². The van der Waals surface area contributed by atoms with Crippen LogP contribution in [0, 0.1) is 13.8 Å². The highest BCUT2D eigenvalue weighted by atomic mass is 31.2. The summed E-state index contributed by atoms with van der Waals surface area (Å²) >= 11 is 0. The maximum atomic E-state index is 14.1. The minimum absolute atomic E-state index is 0.406. The second-order valence-electron chi connectivity index (χ2n) is 7.93. The Morgan fingerprint density at radius 2 is 1.21 bits per heavy atom. The first kappa shape index (κ1) is 21.1. The lowest BCUT2D eigenvalue weighted by Crippen LogP contribution is -2.09. The Hall–Kier alpha value is -3.75. The zero-order valence-electron chi connectivity index (χ0n) is 18.4. The molecule has 1 atom stereocenters. The van der Waals surface area contributed by atoms with Crippen LogP contribution in [0.5, 0.6) is 17.2 Å². The Bertz CT molecular complexity index is 1480. The van der Waals surface area contributed by atoms with E-state index in [0.29, 0.717) is 17.2 Å². The SMILES string of the molecule is Cc1cccc(C)c1OP(=O)(Oc1ccc2ccccc2c1)Oc1cccc2ccccc12. The molecule has 4 nitrogen and oxygen atoms in total. The number of aryl methyl sites for hydroxylation is 2. The average Bonchev–Trinajstić information content (AvgIpc) is 2.82. The van der Waals surface area contributed by atoms with E-state index in [1.165, 1.54) is 0 Å². The molecule has 5 aromatic rings. The molecule has 0 heterocycles. The third-order valence-corrected chi connectivity index (χ3v) is 6.77. The van der Waals surface area contributed by atoms with Gasteiger partial charge in [-0.3, -0.25) is 0 Å². The highest BCUT2D eigenvalue weighted by molar-refractivity contribution is 7.49. The fourth-order valence-electron chi connectivity index (χ4n) is 3.86. The fraction of sp³-hybridized carbons (Fsp3) is 0.0714. The van der Waals surface area contributed by atoms with Gasteiger partial charge in [-0.15, -0.1) is 0 Å². The van der Waals surface area contributed by atoms with E-state index in [0.717, 1.165) is 32.7 Å². The van der Waals surface area contributed by atoms with Crippen LogP contribution in [0.2, 0.25) is 0 Å². The second-order valence-corrected chi connectivity index (χ2v) is 9.37. The molecule has 0 amide bonds. The monoisotopic (exact) mass is 454 g/mol. The number of phosphoric ester groups is 1. The smallest absolute Gasteiger partial charge is 0.386 e. The number of hydrogen-bond donors (Lipinski definition) is 0. The number of phosphoric acid groups is 1. The maximum Gasteiger partial charge on any atom is 0.647 e. The predicted molar refractivity (Wildman–Crippen MR) is 133 cm³/mol. The molecule has 5 aromatic carbocycles. The molecule has 0 aliphatic carbocycles. The molecule has 0 fully saturated rings. The third kappa shape index (κ3) is 4.44. The van der Waals surface area contributed by atoms with Gasteiger partial charge in [0.2, 0.25) is 0 Å². The van der Waals surface area contributed by atoms with Crippen LogP contribution < -0.4 is 13.6 Å². The van der Waals surface area contributed by atoms with Crippen molar-refractivity contribution in [2.45, 2.75) is 13.8 Å². The maximum absolute atomic E-state index is 14.1. The molecule has 5 heteroatoms. The summed E-state index contributed by atoms with van der Waals surface area (Å²) in [4.78, 5) is 0. The number of para-hydroxylation sites is 1. The highest BCUT2D eigenvalue weighted by Crippen LogP contribution is 2.52. The van der Waals surface area contributed by atoms with Gasteiger partial charge in [0.05, 0.1) is 0 Å². The molecule has 0 aliphatic rings. The topological polar surface area (TPSA) is 44.8 Å². The van der Waals surface area contributed by atoms with E-state index in [1.807, 2.05) is 105 Å². The first-order valence-corrected chi connectivity index (χ1v) is 12.2. The minimum atomic E-state index is -4.12. The number of rotatable bonds is 6. The van der Waals surface area contributed by atoms with Gasteiger partial charge in [0.15, 0.2) is 0 Å². The molecule has 0 aromatic heterocycles. The molecular formula is C28H23O4P. The van der Waals surface area contributed by atoms with Gasteiger partial charge in [-0.2, -0.15) is 4.57 Å². The Morgan fingerprint density at radius 3 is 2.00 bits per heavy atom. The van der Waals surface area contributed by atoms with E-state index in [2.05, 4.69) is 0 Å². The van der Waals surface area contributed by atoms with Gasteiger partial charge < -0.3 is 13.6 Å². The standard InChI is InChI=1S/C28H23O4P/c1-20-9-7-10-21(2)28(20)32-33(29,30-25-18-17-22-11-3-4-13-24(22)19-25)31-27-16-8-14-23-12-5-6-15-26(23)27/h3-19H,1-2H3. The largest absolute Gasteiger partial charge is 0.647 e. The van der Waals surface area contributed by atoms with Crippen LogP contribution >= 0.6 is 7.82 Å². The molecular weight excluding hydrogens is 431 g/mol.